The Balaban J connectivity index is 1.59. The normalized spacial score (nSPS) is 22.7. The van der Waals surface area contributed by atoms with Crippen LogP contribution < -0.4 is 10.2 Å². The molecule has 114 valence electrons. The maximum atomic E-state index is 12.4. The topological polar surface area (TPSA) is 32.3 Å². The third-order valence-corrected chi connectivity index (χ3v) is 4.88. The highest BCUT2D eigenvalue weighted by Gasteiger charge is 2.27. The first-order chi connectivity index (χ1) is 10.2. The maximum absolute atomic E-state index is 12.4. The molecule has 3 rings (SSSR count). The van der Waals surface area contributed by atoms with Crippen LogP contribution in [-0.2, 0) is 11.2 Å². The van der Waals surface area contributed by atoms with E-state index in [-0.39, 0.29) is 5.91 Å². The summed E-state index contributed by atoms with van der Waals surface area (Å²) in [6.45, 7) is 2.70. The van der Waals surface area contributed by atoms with Crippen LogP contribution in [0.3, 0.4) is 0 Å². The highest BCUT2D eigenvalue weighted by Crippen LogP contribution is 2.31. The zero-order chi connectivity index (χ0) is 14.7. The van der Waals surface area contributed by atoms with Gasteiger partial charge in [0.2, 0.25) is 5.91 Å². The van der Waals surface area contributed by atoms with E-state index in [1.165, 1.54) is 36.9 Å². The van der Waals surface area contributed by atoms with Gasteiger partial charge in [-0.3, -0.25) is 4.79 Å². The largest absolute Gasteiger partial charge is 0.359 e. The van der Waals surface area contributed by atoms with Gasteiger partial charge >= 0.3 is 0 Å². The molecule has 1 saturated carbocycles. The van der Waals surface area contributed by atoms with Crippen LogP contribution in [0, 0.1) is 0 Å². The Hall–Kier alpha value is -1.51. The zero-order valence-electron chi connectivity index (χ0n) is 13.0. The molecule has 1 fully saturated rings. The van der Waals surface area contributed by atoms with E-state index in [1.807, 2.05) is 0 Å². The lowest BCUT2D eigenvalue weighted by molar-refractivity contribution is -0.120. The van der Waals surface area contributed by atoms with Gasteiger partial charge in [0.05, 0.1) is 6.54 Å². The molecule has 1 amide bonds. The number of anilines is 1. The van der Waals surface area contributed by atoms with Crippen molar-refractivity contribution < 1.29 is 4.79 Å². The molecule has 1 heterocycles. The Morgan fingerprint density at radius 2 is 1.90 bits per heavy atom. The Morgan fingerprint density at radius 3 is 2.67 bits per heavy atom. The van der Waals surface area contributed by atoms with Crippen molar-refractivity contribution in [1.82, 2.24) is 5.32 Å². The summed E-state index contributed by atoms with van der Waals surface area (Å²) in [5.74, 6) is 0.186. The molecule has 1 N–H and O–H groups in total. The van der Waals surface area contributed by atoms with Crippen LogP contribution in [0.1, 0.15) is 51.0 Å². The second kappa shape index (κ2) is 6.50. The number of rotatable bonds is 3. The van der Waals surface area contributed by atoms with E-state index in [0.717, 1.165) is 19.3 Å². The molecule has 21 heavy (non-hydrogen) atoms. The second-order valence-electron chi connectivity index (χ2n) is 6.57. The summed E-state index contributed by atoms with van der Waals surface area (Å²) in [4.78, 5) is 14.6. The lowest BCUT2D eigenvalue weighted by Gasteiger charge is -2.25. The minimum Gasteiger partial charge on any atom is -0.359 e. The predicted octanol–water partition coefficient (Wildman–Crippen LogP) is 3.28. The lowest BCUT2D eigenvalue weighted by Crippen LogP contribution is -2.43. The molecule has 2 aliphatic rings. The van der Waals surface area contributed by atoms with Crippen molar-refractivity contribution in [2.45, 2.75) is 64.0 Å². The van der Waals surface area contributed by atoms with Gasteiger partial charge in [-0.05, 0) is 37.8 Å². The van der Waals surface area contributed by atoms with Gasteiger partial charge < -0.3 is 10.2 Å². The predicted molar refractivity (Wildman–Crippen MR) is 86.6 cm³/mol. The molecule has 0 aromatic heterocycles. The van der Waals surface area contributed by atoms with E-state index >= 15 is 0 Å². The quantitative estimate of drug-likeness (QED) is 0.865. The molecule has 0 radical (unpaired) electrons. The maximum Gasteiger partial charge on any atom is 0.239 e. The third kappa shape index (κ3) is 3.39. The van der Waals surface area contributed by atoms with E-state index in [9.17, 15) is 4.79 Å². The molecule has 0 spiro atoms. The van der Waals surface area contributed by atoms with Crippen LogP contribution in [0.25, 0.3) is 0 Å². The van der Waals surface area contributed by atoms with Crippen LogP contribution in [0.4, 0.5) is 5.69 Å². The Bertz CT molecular complexity index is 492. The number of carbonyl (C=O) groups excluding carboxylic acids is 1. The van der Waals surface area contributed by atoms with Gasteiger partial charge in [0.15, 0.2) is 0 Å². The summed E-state index contributed by atoms with van der Waals surface area (Å²) in [5.41, 5.74) is 2.60. The van der Waals surface area contributed by atoms with Gasteiger partial charge in [0.25, 0.3) is 0 Å². The van der Waals surface area contributed by atoms with Crippen molar-refractivity contribution in [2.75, 3.05) is 11.4 Å². The SMILES string of the molecule is CC1Cc2ccccc2N1CC(=O)NC1CCCCCC1. The van der Waals surface area contributed by atoms with Crippen LogP contribution in [0.2, 0.25) is 0 Å². The van der Waals surface area contributed by atoms with Crippen molar-refractivity contribution in [1.29, 1.82) is 0 Å². The van der Waals surface area contributed by atoms with Gasteiger partial charge in [-0.2, -0.15) is 0 Å². The Labute approximate surface area is 127 Å². The van der Waals surface area contributed by atoms with Crippen LogP contribution in [0.15, 0.2) is 24.3 Å². The lowest BCUT2D eigenvalue weighted by atomic mass is 10.1. The van der Waals surface area contributed by atoms with Gasteiger partial charge in [0, 0.05) is 17.8 Å². The monoisotopic (exact) mass is 286 g/mol. The number of hydrogen-bond acceptors (Lipinski definition) is 2. The third-order valence-electron chi connectivity index (χ3n) is 4.88. The van der Waals surface area contributed by atoms with E-state index in [4.69, 9.17) is 0 Å². The average molecular weight is 286 g/mol. The molecule has 1 atom stereocenters. The minimum absolute atomic E-state index is 0.186. The number of para-hydroxylation sites is 1. The van der Waals surface area contributed by atoms with Crippen molar-refractivity contribution in [2.24, 2.45) is 0 Å². The molecule has 3 nitrogen and oxygen atoms in total. The molecule has 1 aromatic rings. The molecule has 3 heteroatoms. The van der Waals surface area contributed by atoms with E-state index in [1.54, 1.807) is 0 Å². The highest BCUT2D eigenvalue weighted by atomic mass is 16.2. The smallest absolute Gasteiger partial charge is 0.239 e. The second-order valence-corrected chi connectivity index (χ2v) is 6.57. The standard InChI is InChI=1S/C18H26N2O/c1-14-12-15-8-6-7-11-17(15)20(14)13-18(21)19-16-9-4-2-3-5-10-16/h6-8,11,14,16H,2-5,9-10,12-13H2,1H3,(H,19,21). The number of nitrogens with zero attached hydrogens (tertiary/aromatic N) is 1. The Morgan fingerprint density at radius 1 is 1.19 bits per heavy atom. The first-order valence-corrected chi connectivity index (χ1v) is 8.38. The van der Waals surface area contributed by atoms with Gasteiger partial charge in [-0.25, -0.2) is 0 Å². The van der Waals surface area contributed by atoms with Crippen LogP contribution in [0.5, 0.6) is 0 Å². The van der Waals surface area contributed by atoms with Crippen molar-refractivity contribution in [3.05, 3.63) is 29.8 Å². The molecule has 0 bridgehead atoms. The van der Waals surface area contributed by atoms with E-state index in [2.05, 4.69) is 41.4 Å². The molecule has 1 aromatic carbocycles. The summed E-state index contributed by atoms with van der Waals surface area (Å²) in [5, 5.41) is 3.26. The van der Waals surface area contributed by atoms with Crippen LogP contribution in [-0.4, -0.2) is 24.5 Å². The zero-order valence-corrected chi connectivity index (χ0v) is 13.0. The molecular weight excluding hydrogens is 260 g/mol. The van der Waals surface area contributed by atoms with E-state index < -0.39 is 0 Å². The molecular formula is C18H26N2O. The fraction of sp³-hybridized carbons (Fsp3) is 0.611. The number of hydrogen-bond donors (Lipinski definition) is 1. The number of nitrogens with one attached hydrogen (secondary N) is 1. The fourth-order valence-electron chi connectivity index (χ4n) is 3.72. The number of benzene rings is 1. The van der Waals surface area contributed by atoms with E-state index in [0.29, 0.717) is 18.6 Å². The van der Waals surface area contributed by atoms with Crippen molar-refractivity contribution in [3.8, 4) is 0 Å². The highest BCUT2D eigenvalue weighted by molar-refractivity contribution is 5.82. The summed E-state index contributed by atoms with van der Waals surface area (Å²) in [6, 6.07) is 9.27. The number of amides is 1. The summed E-state index contributed by atoms with van der Waals surface area (Å²) < 4.78 is 0. The first kappa shape index (κ1) is 14.4. The number of fused-ring (bicyclic) bond motifs is 1. The van der Waals surface area contributed by atoms with Gasteiger partial charge in [-0.15, -0.1) is 0 Å². The average Bonchev–Trinajstić information content (AvgIpc) is 2.66. The molecule has 1 aliphatic heterocycles. The molecule has 1 unspecified atom stereocenters. The summed E-state index contributed by atoms with van der Waals surface area (Å²) in [6.07, 6.45) is 8.51. The first-order valence-electron chi connectivity index (χ1n) is 8.38. The minimum atomic E-state index is 0.186. The van der Waals surface area contributed by atoms with Gasteiger partial charge in [-0.1, -0.05) is 43.9 Å². The Kier molecular flexibility index (Phi) is 4.47. The molecule has 0 saturated heterocycles. The van der Waals surface area contributed by atoms with Crippen molar-refractivity contribution in [3.63, 3.8) is 0 Å². The molecule has 1 aliphatic carbocycles. The van der Waals surface area contributed by atoms with Gasteiger partial charge in [0.1, 0.15) is 0 Å². The van der Waals surface area contributed by atoms with Crippen LogP contribution >= 0.6 is 0 Å². The van der Waals surface area contributed by atoms with Crippen molar-refractivity contribution >= 4 is 11.6 Å². The number of carbonyl (C=O) groups is 1. The fourth-order valence-corrected chi connectivity index (χ4v) is 3.72. The summed E-state index contributed by atoms with van der Waals surface area (Å²) >= 11 is 0. The summed E-state index contributed by atoms with van der Waals surface area (Å²) in [7, 11) is 0.